The molecule has 0 bridgehead atoms. The zero-order valence-electron chi connectivity index (χ0n) is 12.3. The number of hydrazone groups is 1. The smallest absolute Gasteiger partial charge is 0.282 e. The zero-order valence-corrected chi connectivity index (χ0v) is 13.9. The molecule has 0 fully saturated rings. The number of nitrogens with one attached hydrogen (secondary N) is 1. The van der Waals surface area contributed by atoms with E-state index in [9.17, 15) is 9.59 Å². The van der Waals surface area contributed by atoms with Gasteiger partial charge in [0, 0.05) is 30.5 Å². The summed E-state index contributed by atoms with van der Waals surface area (Å²) in [6.45, 7) is 2.49. The molecule has 1 aliphatic rings. The number of hydrogen-bond acceptors (Lipinski definition) is 3. The summed E-state index contributed by atoms with van der Waals surface area (Å²) >= 11 is 9.58. The summed E-state index contributed by atoms with van der Waals surface area (Å²) in [5.74, 6) is 0.489. The minimum absolute atomic E-state index is 0.0680. The number of rotatable bonds is 5. The lowest BCUT2D eigenvalue weighted by molar-refractivity contribution is -0.121. The van der Waals surface area contributed by atoms with Gasteiger partial charge in [-0.1, -0.05) is 31.7 Å². The molecule has 1 aromatic rings. The highest BCUT2D eigenvalue weighted by atomic mass is 35.5. The predicted octanol–water partition coefficient (Wildman–Crippen LogP) is 3.03. The number of nitrogens with zero attached hydrogens (tertiary/aromatic N) is 2. The van der Waals surface area contributed by atoms with Crippen molar-refractivity contribution in [3.8, 4) is 0 Å². The third-order valence-electron chi connectivity index (χ3n) is 3.48. The summed E-state index contributed by atoms with van der Waals surface area (Å²) in [5.41, 5.74) is 5.04. The van der Waals surface area contributed by atoms with Gasteiger partial charge in [-0.15, -0.1) is 11.6 Å². The average Bonchev–Trinajstić information content (AvgIpc) is 2.48. The molecule has 2 rings (SSSR count). The van der Waals surface area contributed by atoms with Crippen LogP contribution in [-0.2, 0) is 4.79 Å². The summed E-state index contributed by atoms with van der Waals surface area (Å²) in [6.07, 6.45) is 1.13. The van der Waals surface area contributed by atoms with E-state index in [4.69, 9.17) is 11.6 Å². The van der Waals surface area contributed by atoms with Crippen molar-refractivity contribution in [2.75, 3.05) is 17.3 Å². The lowest BCUT2D eigenvalue weighted by Gasteiger charge is -2.22. The van der Waals surface area contributed by atoms with Crippen molar-refractivity contribution in [2.24, 2.45) is 11.0 Å². The first-order valence-electron chi connectivity index (χ1n) is 7.06. The lowest BCUT2D eigenvalue weighted by Crippen LogP contribution is -2.32. The molecule has 0 spiro atoms. The van der Waals surface area contributed by atoms with E-state index in [0.717, 1.165) is 17.0 Å². The van der Waals surface area contributed by atoms with Crippen LogP contribution >= 0.6 is 24.2 Å². The van der Waals surface area contributed by atoms with Crippen molar-refractivity contribution < 1.29 is 9.59 Å². The Labute approximate surface area is 140 Å². The van der Waals surface area contributed by atoms with Crippen LogP contribution in [0.4, 0.5) is 10.5 Å². The van der Waals surface area contributed by atoms with E-state index >= 15 is 0 Å². The molecular formula is C15H18ClN3O2S. The lowest BCUT2D eigenvalue weighted by atomic mass is 9.94. The number of amides is 2. The van der Waals surface area contributed by atoms with E-state index in [1.54, 1.807) is 4.90 Å². The molecule has 0 saturated carbocycles. The van der Waals surface area contributed by atoms with Gasteiger partial charge >= 0.3 is 0 Å². The molecule has 1 aliphatic heterocycles. The maximum Gasteiger partial charge on any atom is 0.282 e. The molecular weight excluding hydrogens is 322 g/mol. The predicted molar refractivity (Wildman–Crippen MR) is 92.0 cm³/mol. The van der Waals surface area contributed by atoms with Crippen molar-refractivity contribution in [1.82, 2.24) is 5.43 Å². The van der Waals surface area contributed by atoms with E-state index in [0.29, 0.717) is 25.3 Å². The highest BCUT2D eigenvalue weighted by Crippen LogP contribution is 2.21. The number of thiol groups is 1. The largest absolute Gasteiger partial charge is 0.303 e. The Balaban J connectivity index is 2.19. The first kappa shape index (κ1) is 16.8. The summed E-state index contributed by atoms with van der Waals surface area (Å²) in [6, 6.07) is 7.49. The number of halogens is 1. The molecule has 0 radical (unpaired) electrons. The summed E-state index contributed by atoms with van der Waals surface area (Å²) in [4.78, 5) is 24.5. The van der Waals surface area contributed by atoms with E-state index in [1.807, 2.05) is 31.2 Å². The second-order valence-electron chi connectivity index (χ2n) is 5.16. The SMILES string of the molecule is CC1CC(=O)NN=C1c1ccc(N(CCCCl)C(=O)S)cc1. The van der Waals surface area contributed by atoms with Crippen LogP contribution in [0.15, 0.2) is 29.4 Å². The van der Waals surface area contributed by atoms with Gasteiger partial charge in [-0.25, -0.2) is 5.43 Å². The number of anilines is 1. The molecule has 22 heavy (non-hydrogen) atoms. The molecule has 118 valence electrons. The van der Waals surface area contributed by atoms with Crippen molar-refractivity contribution in [3.05, 3.63) is 29.8 Å². The molecule has 2 amide bonds. The Hall–Kier alpha value is -1.53. The topological polar surface area (TPSA) is 61.8 Å². The fraction of sp³-hybridized carbons (Fsp3) is 0.400. The molecule has 5 nitrogen and oxygen atoms in total. The Bertz CT molecular complexity index is 589. The van der Waals surface area contributed by atoms with Crippen molar-refractivity contribution in [2.45, 2.75) is 19.8 Å². The average molecular weight is 340 g/mol. The Morgan fingerprint density at radius 2 is 2.14 bits per heavy atom. The van der Waals surface area contributed by atoms with E-state index < -0.39 is 0 Å². The van der Waals surface area contributed by atoms with Crippen LogP contribution in [0, 0.1) is 5.92 Å². The van der Waals surface area contributed by atoms with Gasteiger partial charge in [0.2, 0.25) is 5.91 Å². The number of carbonyl (C=O) groups is 2. The third kappa shape index (κ3) is 4.01. The monoisotopic (exact) mass is 339 g/mol. The van der Waals surface area contributed by atoms with Crippen LogP contribution < -0.4 is 10.3 Å². The minimum atomic E-state index is -0.312. The summed E-state index contributed by atoms with van der Waals surface area (Å²) < 4.78 is 0. The molecule has 1 N–H and O–H groups in total. The molecule has 0 aromatic heterocycles. The van der Waals surface area contributed by atoms with E-state index in [1.165, 1.54) is 0 Å². The maximum atomic E-state index is 11.6. The Morgan fingerprint density at radius 3 is 2.68 bits per heavy atom. The molecule has 0 saturated heterocycles. The first-order chi connectivity index (χ1) is 10.5. The normalized spacial score (nSPS) is 17.7. The third-order valence-corrected chi connectivity index (χ3v) is 3.99. The van der Waals surface area contributed by atoms with Crippen LogP contribution in [0.3, 0.4) is 0 Å². The van der Waals surface area contributed by atoms with Gasteiger partial charge in [0.05, 0.1) is 5.71 Å². The van der Waals surface area contributed by atoms with Crippen molar-refractivity contribution in [3.63, 3.8) is 0 Å². The second kappa shape index (κ2) is 7.65. The molecule has 7 heteroatoms. The maximum absolute atomic E-state index is 11.6. The molecule has 1 unspecified atom stereocenters. The van der Waals surface area contributed by atoms with Gasteiger partial charge in [0.25, 0.3) is 5.24 Å². The Morgan fingerprint density at radius 1 is 1.45 bits per heavy atom. The van der Waals surface area contributed by atoms with Gasteiger partial charge < -0.3 is 4.90 Å². The number of hydrogen-bond donors (Lipinski definition) is 2. The van der Waals surface area contributed by atoms with Crippen LogP contribution in [0.2, 0.25) is 0 Å². The number of carbonyl (C=O) groups excluding carboxylic acids is 2. The van der Waals surface area contributed by atoms with Gasteiger partial charge in [0.15, 0.2) is 0 Å². The van der Waals surface area contributed by atoms with Crippen molar-refractivity contribution in [1.29, 1.82) is 0 Å². The van der Waals surface area contributed by atoms with Crippen LogP contribution in [0.1, 0.15) is 25.3 Å². The summed E-state index contributed by atoms with van der Waals surface area (Å²) in [7, 11) is 0. The Kier molecular flexibility index (Phi) is 5.85. The molecule has 1 atom stereocenters. The fourth-order valence-electron chi connectivity index (χ4n) is 2.37. The second-order valence-corrected chi connectivity index (χ2v) is 5.92. The number of benzene rings is 1. The quantitative estimate of drug-likeness (QED) is 0.640. The molecule has 0 aliphatic carbocycles. The highest BCUT2D eigenvalue weighted by molar-refractivity contribution is 7.96. The first-order valence-corrected chi connectivity index (χ1v) is 8.04. The van der Waals surface area contributed by atoms with Crippen LogP contribution in [0.25, 0.3) is 0 Å². The molecule has 1 aromatic carbocycles. The van der Waals surface area contributed by atoms with Gasteiger partial charge in [0.1, 0.15) is 0 Å². The standard InChI is InChI=1S/C15H18ClN3O2S/c1-10-9-13(20)17-18-14(10)11-3-5-12(6-4-11)19(15(21)22)8-2-7-16/h3-6,10H,2,7-9H2,1H3,(H,17,20)(H,21,22). The fourth-order valence-corrected chi connectivity index (χ4v) is 2.70. The zero-order chi connectivity index (χ0) is 16.1. The van der Waals surface area contributed by atoms with Gasteiger partial charge in [-0.05, 0) is 24.1 Å². The van der Waals surface area contributed by atoms with E-state index in [-0.39, 0.29) is 17.1 Å². The van der Waals surface area contributed by atoms with Gasteiger partial charge in [-0.2, -0.15) is 5.10 Å². The van der Waals surface area contributed by atoms with Gasteiger partial charge in [-0.3, -0.25) is 9.59 Å². The highest BCUT2D eigenvalue weighted by Gasteiger charge is 2.21. The van der Waals surface area contributed by atoms with Crippen LogP contribution in [-0.4, -0.2) is 29.3 Å². The number of alkyl halides is 1. The minimum Gasteiger partial charge on any atom is -0.303 e. The summed E-state index contributed by atoms with van der Waals surface area (Å²) in [5, 5.41) is 3.81. The van der Waals surface area contributed by atoms with E-state index in [2.05, 4.69) is 23.2 Å². The van der Waals surface area contributed by atoms with Crippen molar-refractivity contribution >= 4 is 46.8 Å². The van der Waals surface area contributed by atoms with Crippen LogP contribution in [0.5, 0.6) is 0 Å². The molecule has 1 heterocycles.